The van der Waals surface area contributed by atoms with Gasteiger partial charge in [0.05, 0.1) is 11.9 Å². The van der Waals surface area contributed by atoms with E-state index >= 15 is 0 Å². The molecule has 0 atom stereocenters. The number of benzene rings is 2. The predicted octanol–water partition coefficient (Wildman–Crippen LogP) is 4.90. The highest BCUT2D eigenvalue weighted by Gasteiger charge is 2.18. The van der Waals surface area contributed by atoms with Crippen LogP contribution >= 0.6 is 11.3 Å². The van der Waals surface area contributed by atoms with E-state index in [1.807, 2.05) is 0 Å². The largest absolute Gasteiger partial charge is 0.292 e. The number of hydrogen-bond acceptors (Lipinski definition) is 4. The molecule has 0 saturated carbocycles. The van der Waals surface area contributed by atoms with Crippen molar-refractivity contribution >= 4 is 27.3 Å². The lowest BCUT2D eigenvalue weighted by Gasteiger charge is -2.10. The number of carbonyl (C=O) groups excluding carboxylic acids is 1. The van der Waals surface area contributed by atoms with Gasteiger partial charge in [0.1, 0.15) is 22.3 Å². The number of rotatable bonds is 4. The maximum atomic E-state index is 13.5. The van der Waals surface area contributed by atoms with E-state index in [0.717, 1.165) is 0 Å². The predicted molar refractivity (Wildman–Crippen MR) is 109 cm³/mol. The maximum absolute atomic E-state index is 13.5. The highest BCUT2D eigenvalue weighted by Crippen LogP contribution is 2.31. The molecule has 146 valence electrons. The van der Waals surface area contributed by atoms with E-state index in [4.69, 9.17) is 0 Å². The molecule has 0 aliphatic heterocycles. The molecule has 0 amide bonds. The standard InChI is InChI=1S/C22H16F2N2O2S/c1-12-9-15(5-8-18(12)24)19(27)10-26-13(2)25-21-20(22(26)28)17(11-29-21)14-3-6-16(23)7-4-14/h3-9,11H,10H2,1-2H3. The van der Waals surface area contributed by atoms with Crippen LogP contribution in [0.15, 0.2) is 52.6 Å². The second kappa shape index (κ2) is 7.33. The highest BCUT2D eigenvalue weighted by atomic mass is 32.1. The van der Waals surface area contributed by atoms with Crippen molar-refractivity contribution in [3.05, 3.63) is 86.8 Å². The molecule has 0 saturated heterocycles. The van der Waals surface area contributed by atoms with Crippen LogP contribution in [0.4, 0.5) is 8.78 Å². The molecule has 4 aromatic rings. The van der Waals surface area contributed by atoms with E-state index in [1.165, 1.54) is 46.2 Å². The van der Waals surface area contributed by atoms with Crippen LogP contribution in [0.2, 0.25) is 0 Å². The van der Waals surface area contributed by atoms with Crippen LogP contribution in [0.1, 0.15) is 21.7 Å². The zero-order valence-electron chi connectivity index (χ0n) is 15.7. The molecule has 0 aliphatic carbocycles. The third-order valence-corrected chi connectivity index (χ3v) is 5.69. The fourth-order valence-corrected chi connectivity index (χ4v) is 4.19. The minimum atomic E-state index is -0.389. The SMILES string of the molecule is Cc1cc(C(=O)Cn2c(C)nc3scc(-c4ccc(F)cc4)c3c2=O)ccc1F. The molecule has 29 heavy (non-hydrogen) atoms. The number of carbonyl (C=O) groups is 1. The number of aryl methyl sites for hydroxylation is 2. The second-order valence-corrected chi connectivity index (χ2v) is 7.63. The summed E-state index contributed by atoms with van der Waals surface area (Å²) in [5.74, 6) is -0.639. The van der Waals surface area contributed by atoms with Crippen molar-refractivity contribution < 1.29 is 13.6 Å². The van der Waals surface area contributed by atoms with Crippen LogP contribution in [0.3, 0.4) is 0 Å². The van der Waals surface area contributed by atoms with E-state index in [1.54, 1.807) is 31.4 Å². The first-order valence-corrected chi connectivity index (χ1v) is 9.77. The van der Waals surface area contributed by atoms with Gasteiger partial charge in [-0.3, -0.25) is 14.2 Å². The molecule has 0 fully saturated rings. The van der Waals surface area contributed by atoms with Crippen molar-refractivity contribution in [2.24, 2.45) is 0 Å². The van der Waals surface area contributed by atoms with Crippen LogP contribution in [-0.2, 0) is 6.54 Å². The van der Waals surface area contributed by atoms with Crippen molar-refractivity contribution in [2.75, 3.05) is 0 Å². The van der Waals surface area contributed by atoms with Gasteiger partial charge in [0.2, 0.25) is 0 Å². The Morgan fingerprint density at radius 3 is 2.52 bits per heavy atom. The number of nitrogens with zero attached hydrogens (tertiary/aromatic N) is 2. The Hall–Kier alpha value is -3.19. The van der Waals surface area contributed by atoms with Crippen molar-refractivity contribution in [3.63, 3.8) is 0 Å². The maximum Gasteiger partial charge on any atom is 0.263 e. The summed E-state index contributed by atoms with van der Waals surface area (Å²) in [4.78, 5) is 30.9. The summed E-state index contributed by atoms with van der Waals surface area (Å²) in [5.41, 5.74) is 1.72. The molecule has 7 heteroatoms. The van der Waals surface area contributed by atoms with Crippen LogP contribution in [-0.4, -0.2) is 15.3 Å². The molecule has 4 nitrogen and oxygen atoms in total. The number of halogens is 2. The summed E-state index contributed by atoms with van der Waals surface area (Å²) in [5, 5.41) is 2.21. The zero-order chi connectivity index (χ0) is 20.7. The molecule has 2 heterocycles. The van der Waals surface area contributed by atoms with Crippen LogP contribution in [0, 0.1) is 25.5 Å². The van der Waals surface area contributed by atoms with Gasteiger partial charge < -0.3 is 0 Å². The summed E-state index contributed by atoms with van der Waals surface area (Å²) in [6.45, 7) is 3.05. The van der Waals surface area contributed by atoms with E-state index in [-0.39, 0.29) is 29.5 Å². The molecule has 0 spiro atoms. The zero-order valence-corrected chi connectivity index (χ0v) is 16.5. The highest BCUT2D eigenvalue weighted by molar-refractivity contribution is 7.17. The normalized spacial score (nSPS) is 11.2. The smallest absolute Gasteiger partial charge is 0.263 e. The Kier molecular flexibility index (Phi) is 4.84. The first-order chi connectivity index (χ1) is 13.8. The molecule has 0 unspecified atom stereocenters. The monoisotopic (exact) mass is 410 g/mol. The molecule has 4 rings (SSSR count). The van der Waals surface area contributed by atoms with Crippen LogP contribution < -0.4 is 5.56 Å². The minimum Gasteiger partial charge on any atom is -0.292 e. The number of thiophene rings is 1. The van der Waals surface area contributed by atoms with Crippen LogP contribution in [0.25, 0.3) is 21.3 Å². The molecule has 0 N–H and O–H groups in total. The minimum absolute atomic E-state index is 0.197. The molecule has 2 aromatic heterocycles. The molecule has 0 aliphatic rings. The van der Waals surface area contributed by atoms with E-state index in [2.05, 4.69) is 4.98 Å². The lowest BCUT2D eigenvalue weighted by atomic mass is 10.1. The Balaban J connectivity index is 1.79. The van der Waals surface area contributed by atoms with Crippen molar-refractivity contribution in [1.82, 2.24) is 9.55 Å². The third-order valence-electron chi connectivity index (χ3n) is 4.82. The van der Waals surface area contributed by atoms with Gasteiger partial charge in [0, 0.05) is 16.5 Å². The number of aromatic nitrogens is 2. The van der Waals surface area contributed by atoms with Crippen molar-refractivity contribution in [1.29, 1.82) is 0 Å². The number of Topliss-reactive ketones (excluding diaryl/α,β-unsaturated/α-hetero) is 1. The number of ketones is 1. The quantitative estimate of drug-likeness (QED) is 0.450. The fourth-order valence-electron chi connectivity index (χ4n) is 3.21. The van der Waals surface area contributed by atoms with E-state index in [9.17, 15) is 18.4 Å². The number of hydrogen-bond donors (Lipinski definition) is 0. The summed E-state index contributed by atoms with van der Waals surface area (Å²) in [6.07, 6.45) is 0. The molecule has 0 radical (unpaired) electrons. The average molecular weight is 410 g/mol. The van der Waals surface area contributed by atoms with Gasteiger partial charge in [-0.15, -0.1) is 11.3 Å². The summed E-state index contributed by atoms with van der Waals surface area (Å²) in [6, 6.07) is 9.99. The van der Waals surface area contributed by atoms with Gasteiger partial charge in [-0.25, -0.2) is 13.8 Å². The average Bonchev–Trinajstić information content (AvgIpc) is 3.11. The lowest BCUT2D eigenvalue weighted by Crippen LogP contribution is -2.27. The topological polar surface area (TPSA) is 52.0 Å². The first kappa shape index (κ1) is 19.1. The van der Waals surface area contributed by atoms with Crippen molar-refractivity contribution in [3.8, 4) is 11.1 Å². The molecular weight excluding hydrogens is 394 g/mol. The Bertz CT molecular complexity index is 1310. The second-order valence-electron chi connectivity index (χ2n) is 6.77. The third kappa shape index (κ3) is 3.49. The van der Waals surface area contributed by atoms with E-state index in [0.29, 0.717) is 38.3 Å². The van der Waals surface area contributed by atoms with Crippen LogP contribution in [0.5, 0.6) is 0 Å². The summed E-state index contributed by atoms with van der Waals surface area (Å²) in [7, 11) is 0. The summed E-state index contributed by atoms with van der Waals surface area (Å²) >= 11 is 1.32. The van der Waals surface area contributed by atoms with E-state index < -0.39 is 0 Å². The van der Waals surface area contributed by atoms with Gasteiger partial charge in [0.15, 0.2) is 5.78 Å². The Labute approximate surface area is 169 Å². The first-order valence-electron chi connectivity index (χ1n) is 8.89. The van der Waals surface area contributed by atoms with Gasteiger partial charge in [-0.2, -0.15) is 0 Å². The molecule has 0 bridgehead atoms. The molecular formula is C22H16F2N2O2S. The van der Waals surface area contributed by atoms with Gasteiger partial charge in [-0.1, -0.05) is 12.1 Å². The van der Waals surface area contributed by atoms with Gasteiger partial charge in [0.25, 0.3) is 5.56 Å². The van der Waals surface area contributed by atoms with Gasteiger partial charge >= 0.3 is 0 Å². The Morgan fingerprint density at radius 1 is 1.10 bits per heavy atom. The summed E-state index contributed by atoms with van der Waals surface area (Å²) < 4.78 is 28.1. The fraction of sp³-hybridized carbons (Fsp3) is 0.136. The number of fused-ring (bicyclic) bond motifs is 1. The van der Waals surface area contributed by atoms with Gasteiger partial charge in [-0.05, 0) is 55.3 Å². The molecule has 2 aromatic carbocycles. The Morgan fingerprint density at radius 2 is 1.83 bits per heavy atom. The lowest BCUT2D eigenvalue weighted by molar-refractivity contribution is 0.0969. The van der Waals surface area contributed by atoms with Crippen molar-refractivity contribution in [2.45, 2.75) is 20.4 Å².